The van der Waals surface area contributed by atoms with Crippen LogP contribution in [0.15, 0.2) is 54.2 Å². The fourth-order valence-corrected chi connectivity index (χ4v) is 5.39. The molecule has 7 nitrogen and oxygen atoms in total. The molecule has 1 saturated carbocycles. The minimum absolute atomic E-state index is 0.120. The highest BCUT2D eigenvalue weighted by Gasteiger charge is 2.29. The van der Waals surface area contributed by atoms with Crippen molar-refractivity contribution in [3.8, 4) is 0 Å². The van der Waals surface area contributed by atoms with Crippen LogP contribution in [0.25, 0.3) is 22.4 Å². The summed E-state index contributed by atoms with van der Waals surface area (Å²) in [5.41, 5.74) is 7.21. The first-order valence-electron chi connectivity index (χ1n) is 12.7. The molecule has 188 valence electrons. The molecule has 0 radical (unpaired) electrons. The lowest BCUT2D eigenvalue weighted by molar-refractivity contribution is -0.117. The van der Waals surface area contributed by atoms with Gasteiger partial charge in [-0.25, -0.2) is 9.97 Å². The number of aromatic nitrogens is 2. The van der Waals surface area contributed by atoms with Crippen molar-refractivity contribution in [2.75, 3.05) is 41.8 Å². The molecule has 2 aliphatic rings. The number of rotatable bonds is 7. The second-order valence-corrected chi connectivity index (χ2v) is 10.4. The molecule has 2 fully saturated rings. The van der Waals surface area contributed by atoms with E-state index in [2.05, 4.69) is 74.2 Å². The zero-order valence-electron chi connectivity index (χ0n) is 20.7. The van der Waals surface area contributed by atoms with Crippen molar-refractivity contribution in [2.24, 2.45) is 5.92 Å². The Labute approximate surface area is 220 Å². The number of benzene rings is 2. The molecule has 2 aromatic heterocycles. The number of morpholine rings is 1. The zero-order valence-corrected chi connectivity index (χ0v) is 21.6. The molecular formula is C29H29N5O2S. The molecule has 37 heavy (non-hydrogen) atoms. The number of carbonyl (C=O) groups is 1. The number of thiophene rings is 1. The van der Waals surface area contributed by atoms with E-state index in [0.717, 1.165) is 83.2 Å². The molecule has 0 spiro atoms. The molecule has 0 bridgehead atoms. The van der Waals surface area contributed by atoms with E-state index in [4.69, 9.17) is 4.74 Å². The smallest absolute Gasteiger partial charge is 0.227 e. The summed E-state index contributed by atoms with van der Waals surface area (Å²) in [6.45, 7) is 5.46. The molecule has 0 unspecified atom stereocenters. The van der Waals surface area contributed by atoms with Gasteiger partial charge in [0.15, 0.2) is 5.82 Å². The fraction of sp³-hybridized carbons (Fsp3) is 0.276. The number of anilines is 4. The summed E-state index contributed by atoms with van der Waals surface area (Å²) in [6.07, 6.45) is 7.77. The monoisotopic (exact) mass is 511 g/mol. The van der Waals surface area contributed by atoms with Crippen LogP contribution in [0, 0.1) is 12.8 Å². The molecule has 3 heterocycles. The maximum atomic E-state index is 12.2. The molecule has 2 N–H and O–H groups in total. The lowest BCUT2D eigenvalue weighted by Crippen LogP contribution is -2.36. The number of amides is 1. The Bertz CT molecular complexity index is 1450. The van der Waals surface area contributed by atoms with Crippen molar-refractivity contribution in [2.45, 2.75) is 19.8 Å². The highest BCUT2D eigenvalue weighted by molar-refractivity contribution is 7.18. The predicted molar refractivity (Wildman–Crippen MR) is 152 cm³/mol. The molecule has 1 aliphatic carbocycles. The molecule has 4 aromatic rings. The van der Waals surface area contributed by atoms with Gasteiger partial charge in [-0.3, -0.25) is 4.79 Å². The molecular weight excluding hydrogens is 482 g/mol. The quantitative estimate of drug-likeness (QED) is 0.312. The maximum Gasteiger partial charge on any atom is 0.227 e. The molecule has 1 amide bonds. The first kappa shape index (κ1) is 23.6. The van der Waals surface area contributed by atoms with E-state index in [1.54, 1.807) is 17.7 Å². The van der Waals surface area contributed by atoms with E-state index in [1.165, 1.54) is 5.69 Å². The summed E-state index contributed by atoms with van der Waals surface area (Å²) < 4.78 is 6.47. The van der Waals surface area contributed by atoms with Crippen LogP contribution in [-0.4, -0.2) is 42.2 Å². The Balaban J connectivity index is 1.19. The topological polar surface area (TPSA) is 79.4 Å². The Hall–Kier alpha value is -3.75. The summed E-state index contributed by atoms with van der Waals surface area (Å²) in [7, 11) is 0. The molecule has 0 atom stereocenters. The van der Waals surface area contributed by atoms with E-state index in [1.807, 2.05) is 18.2 Å². The van der Waals surface area contributed by atoms with Gasteiger partial charge in [-0.05, 0) is 67.3 Å². The number of carbonyl (C=O) groups excluding carboxylic acids is 1. The second kappa shape index (κ2) is 10.3. The first-order chi connectivity index (χ1) is 18.1. The van der Waals surface area contributed by atoms with Crippen molar-refractivity contribution >= 4 is 62.5 Å². The molecule has 8 heteroatoms. The standard InChI is InChI=1S/C29H29N5O2S/c1-19-2-7-24(33-29(35)20-3-4-20)16-21(19)5-6-22-17-37-27-26(22)30-18-31-28(27)32-23-8-10-25(11-9-23)34-12-14-36-15-13-34/h2,5-11,16-18,20H,3-4,12-15H2,1H3,(H,33,35)(H,30,31,32). The Morgan fingerprint density at radius 2 is 1.78 bits per heavy atom. The SMILES string of the molecule is Cc1ccc(NC(=O)C2CC2)cc1C=Cc1csc2c(Nc3ccc(N4CCOCC4)cc3)ncnc12. The molecule has 1 aliphatic heterocycles. The minimum Gasteiger partial charge on any atom is -0.378 e. The fourth-order valence-electron chi connectivity index (χ4n) is 4.46. The zero-order chi connectivity index (χ0) is 25.2. The molecule has 6 rings (SSSR count). The van der Waals surface area contributed by atoms with E-state index in [-0.39, 0.29) is 11.8 Å². The van der Waals surface area contributed by atoms with E-state index in [9.17, 15) is 4.79 Å². The molecule has 1 saturated heterocycles. The van der Waals surface area contributed by atoms with Crippen LogP contribution < -0.4 is 15.5 Å². The van der Waals surface area contributed by atoms with Gasteiger partial charge in [0.2, 0.25) is 5.91 Å². The molecule has 2 aromatic carbocycles. The van der Waals surface area contributed by atoms with Crippen LogP contribution in [0.2, 0.25) is 0 Å². The van der Waals surface area contributed by atoms with E-state index in [0.29, 0.717) is 0 Å². The highest BCUT2D eigenvalue weighted by atomic mass is 32.1. The van der Waals surface area contributed by atoms with Gasteiger partial charge in [0.25, 0.3) is 0 Å². The van der Waals surface area contributed by atoms with Gasteiger partial charge in [0.05, 0.1) is 23.4 Å². The third-order valence-corrected chi connectivity index (χ3v) is 7.82. The van der Waals surface area contributed by atoms with Gasteiger partial charge in [0.1, 0.15) is 6.33 Å². The summed E-state index contributed by atoms with van der Waals surface area (Å²) >= 11 is 1.63. The Kier molecular flexibility index (Phi) is 6.59. The first-order valence-corrected chi connectivity index (χ1v) is 13.5. The predicted octanol–water partition coefficient (Wildman–Crippen LogP) is 6.10. The van der Waals surface area contributed by atoms with Crippen molar-refractivity contribution in [3.63, 3.8) is 0 Å². The lowest BCUT2D eigenvalue weighted by Gasteiger charge is -2.28. The van der Waals surface area contributed by atoms with Crippen molar-refractivity contribution in [1.82, 2.24) is 9.97 Å². The number of aryl methyl sites for hydroxylation is 1. The largest absolute Gasteiger partial charge is 0.378 e. The van der Waals surface area contributed by atoms with Crippen molar-refractivity contribution < 1.29 is 9.53 Å². The lowest BCUT2D eigenvalue weighted by atomic mass is 10.1. The van der Waals surface area contributed by atoms with Gasteiger partial charge in [-0.15, -0.1) is 11.3 Å². The third kappa shape index (κ3) is 5.35. The van der Waals surface area contributed by atoms with Crippen LogP contribution in [0.5, 0.6) is 0 Å². The van der Waals surface area contributed by atoms with Gasteiger partial charge < -0.3 is 20.3 Å². The number of hydrogen-bond acceptors (Lipinski definition) is 7. The number of nitrogens with one attached hydrogen (secondary N) is 2. The van der Waals surface area contributed by atoms with Crippen molar-refractivity contribution in [1.29, 1.82) is 0 Å². The summed E-state index contributed by atoms with van der Waals surface area (Å²) in [4.78, 5) is 23.6. The van der Waals surface area contributed by atoms with Crippen LogP contribution in [0.3, 0.4) is 0 Å². The van der Waals surface area contributed by atoms with E-state index >= 15 is 0 Å². The van der Waals surface area contributed by atoms with Crippen LogP contribution in [0.1, 0.15) is 29.5 Å². The second-order valence-electron chi connectivity index (χ2n) is 9.53. The van der Waals surface area contributed by atoms with Gasteiger partial charge in [-0.1, -0.05) is 18.2 Å². The number of fused-ring (bicyclic) bond motifs is 1. The number of ether oxygens (including phenoxy) is 1. The van der Waals surface area contributed by atoms with Gasteiger partial charge in [0, 0.05) is 47.0 Å². The average molecular weight is 512 g/mol. The van der Waals surface area contributed by atoms with E-state index < -0.39 is 0 Å². The summed E-state index contributed by atoms with van der Waals surface area (Å²) in [5, 5.41) is 8.61. The average Bonchev–Trinajstić information content (AvgIpc) is 3.70. The van der Waals surface area contributed by atoms with Gasteiger partial charge in [-0.2, -0.15) is 0 Å². The maximum absolute atomic E-state index is 12.2. The Morgan fingerprint density at radius 1 is 1.03 bits per heavy atom. The van der Waals surface area contributed by atoms with Crippen LogP contribution in [0.4, 0.5) is 22.9 Å². The summed E-state index contributed by atoms with van der Waals surface area (Å²) in [6, 6.07) is 14.5. The van der Waals surface area contributed by atoms with Gasteiger partial charge >= 0.3 is 0 Å². The normalized spacial score (nSPS) is 15.9. The van der Waals surface area contributed by atoms with Crippen LogP contribution >= 0.6 is 11.3 Å². The Morgan fingerprint density at radius 3 is 2.57 bits per heavy atom. The highest BCUT2D eigenvalue weighted by Crippen LogP contribution is 2.33. The summed E-state index contributed by atoms with van der Waals surface area (Å²) in [5.74, 6) is 1.10. The number of nitrogens with zero attached hydrogens (tertiary/aromatic N) is 3. The minimum atomic E-state index is 0.120. The number of hydrogen-bond donors (Lipinski definition) is 2. The third-order valence-electron chi connectivity index (χ3n) is 6.82. The van der Waals surface area contributed by atoms with Crippen LogP contribution in [-0.2, 0) is 9.53 Å². The van der Waals surface area contributed by atoms with Crippen molar-refractivity contribution in [3.05, 3.63) is 70.9 Å².